The van der Waals surface area contributed by atoms with Gasteiger partial charge in [-0.3, -0.25) is 0 Å². The van der Waals surface area contributed by atoms with E-state index < -0.39 is 6.36 Å². The average molecular weight is 303 g/mol. The quantitative estimate of drug-likeness (QED) is 0.870. The van der Waals surface area contributed by atoms with Gasteiger partial charge in [-0.1, -0.05) is 25.1 Å². The molecule has 2 unspecified atom stereocenters. The molecule has 1 N–H and O–H groups in total. The number of alkyl halides is 3. The second-order valence-corrected chi connectivity index (χ2v) is 5.16. The normalized spacial score (nSPS) is 20.5. The lowest BCUT2D eigenvalue weighted by Gasteiger charge is -2.24. The van der Waals surface area contributed by atoms with Crippen LogP contribution in [0.1, 0.15) is 31.4 Å². The van der Waals surface area contributed by atoms with Crippen molar-refractivity contribution >= 4 is 0 Å². The Morgan fingerprint density at radius 3 is 2.76 bits per heavy atom. The minimum absolute atomic E-state index is 0.130. The van der Waals surface area contributed by atoms with Crippen molar-refractivity contribution < 1.29 is 22.6 Å². The Balaban J connectivity index is 2.18. The third-order valence-corrected chi connectivity index (χ3v) is 3.56. The van der Waals surface area contributed by atoms with Crippen LogP contribution < -0.4 is 10.1 Å². The summed E-state index contributed by atoms with van der Waals surface area (Å²) in [4.78, 5) is 0. The van der Waals surface area contributed by atoms with Crippen molar-refractivity contribution in [1.82, 2.24) is 5.32 Å². The number of hydrogen-bond acceptors (Lipinski definition) is 3. The highest BCUT2D eigenvalue weighted by Gasteiger charge is 2.33. The summed E-state index contributed by atoms with van der Waals surface area (Å²) in [5.74, 6) is 0.239. The van der Waals surface area contributed by atoms with Gasteiger partial charge in [-0.2, -0.15) is 0 Å². The molecule has 1 fully saturated rings. The monoisotopic (exact) mass is 303 g/mol. The van der Waals surface area contributed by atoms with Crippen LogP contribution in [0, 0.1) is 5.92 Å². The Bertz CT molecular complexity index is 445. The molecule has 2 atom stereocenters. The first-order chi connectivity index (χ1) is 9.99. The summed E-state index contributed by atoms with van der Waals surface area (Å²) >= 11 is 0. The van der Waals surface area contributed by atoms with E-state index in [1.807, 2.05) is 6.92 Å². The molecule has 0 bridgehead atoms. The summed E-state index contributed by atoms with van der Waals surface area (Å²) in [6.07, 6.45) is -2.99. The van der Waals surface area contributed by atoms with Crippen LogP contribution >= 0.6 is 0 Å². The Morgan fingerprint density at radius 1 is 1.38 bits per heavy atom. The van der Waals surface area contributed by atoms with Gasteiger partial charge in [-0.25, -0.2) is 0 Å². The maximum Gasteiger partial charge on any atom is 0.573 e. The van der Waals surface area contributed by atoms with Crippen LogP contribution in [-0.2, 0) is 4.74 Å². The molecule has 2 rings (SSSR count). The molecule has 0 spiro atoms. The van der Waals surface area contributed by atoms with Crippen molar-refractivity contribution in [2.45, 2.75) is 32.2 Å². The van der Waals surface area contributed by atoms with Gasteiger partial charge in [0.05, 0.1) is 0 Å². The van der Waals surface area contributed by atoms with Crippen LogP contribution in [0.15, 0.2) is 24.3 Å². The maximum absolute atomic E-state index is 12.5. The first-order valence-electron chi connectivity index (χ1n) is 7.15. The minimum atomic E-state index is -4.68. The van der Waals surface area contributed by atoms with Gasteiger partial charge in [0.1, 0.15) is 5.75 Å². The molecule has 1 aromatic carbocycles. The SMILES string of the molecule is CCNC(CC1CCOC1)c1ccccc1OC(F)(F)F. The highest BCUT2D eigenvalue weighted by molar-refractivity contribution is 5.36. The standard InChI is InChI=1S/C15H20F3NO2/c1-2-19-13(9-11-7-8-20-10-11)12-5-3-4-6-14(12)21-15(16,17)18/h3-6,11,13,19H,2,7-10H2,1H3. The second-order valence-electron chi connectivity index (χ2n) is 5.16. The fraction of sp³-hybridized carbons (Fsp3) is 0.600. The van der Waals surface area contributed by atoms with Crippen LogP contribution in [0.3, 0.4) is 0 Å². The third-order valence-electron chi connectivity index (χ3n) is 3.56. The van der Waals surface area contributed by atoms with Crippen molar-refractivity contribution in [2.24, 2.45) is 5.92 Å². The lowest BCUT2D eigenvalue weighted by molar-refractivity contribution is -0.275. The smallest absolute Gasteiger partial charge is 0.405 e. The van der Waals surface area contributed by atoms with E-state index in [-0.39, 0.29) is 11.8 Å². The van der Waals surface area contributed by atoms with Crippen molar-refractivity contribution in [1.29, 1.82) is 0 Å². The van der Waals surface area contributed by atoms with Crippen LogP contribution in [0.5, 0.6) is 5.75 Å². The Hall–Kier alpha value is -1.27. The predicted molar refractivity (Wildman–Crippen MR) is 73.1 cm³/mol. The van der Waals surface area contributed by atoms with Crippen LogP contribution in [0.2, 0.25) is 0 Å². The van der Waals surface area contributed by atoms with Gasteiger partial charge in [0.25, 0.3) is 0 Å². The number of hydrogen-bond donors (Lipinski definition) is 1. The van der Waals surface area contributed by atoms with E-state index in [4.69, 9.17) is 4.74 Å². The summed E-state index contributed by atoms with van der Waals surface area (Å²) in [7, 11) is 0. The van der Waals surface area contributed by atoms with Crippen molar-refractivity contribution in [2.75, 3.05) is 19.8 Å². The Labute approximate surface area is 122 Å². The molecule has 1 aromatic rings. The lowest BCUT2D eigenvalue weighted by atomic mass is 9.93. The Kier molecular flexibility index (Phi) is 5.47. The summed E-state index contributed by atoms with van der Waals surface area (Å²) in [5.41, 5.74) is 0.545. The zero-order chi connectivity index (χ0) is 15.3. The topological polar surface area (TPSA) is 30.5 Å². The summed E-state index contributed by atoms with van der Waals surface area (Å²) in [6.45, 7) is 4.01. The molecule has 0 radical (unpaired) electrons. The number of nitrogens with one attached hydrogen (secondary N) is 1. The first-order valence-corrected chi connectivity index (χ1v) is 7.15. The zero-order valence-electron chi connectivity index (χ0n) is 12.0. The third kappa shape index (κ3) is 4.89. The van der Waals surface area contributed by atoms with Gasteiger partial charge < -0.3 is 14.8 Å². The van der Waals surface area contributed by atoms with Crippen LogP contribution in [0.4, 0.5) is 13.2 Å². The first kappa shape index (κ1) is 16.1. The molecule has 1 heterocycles. The van der Waals surface area contributed by atoms with E-state index in [0.29, 0.717) is 24.6 Å². The number of halogens is 3. The highest BCUT2D eigenvalue weighted by Crippen LogP contribution is 2.34. The number of rotatable bonds is 6. The van der Waals surface area contributed by atoms with E-state index in [0.717, 1.165) is 19.4 Å². The minimum Gasteiger partial charge on any atom is -0.405 e. The van der Waals surface area contributed by atoms with Crippen molar-refractivity contribution in [3.63, 3.8) is 0 Å². The van der Waals surface area contributed by atoms with Crippen molar-refractivity contribution in [3.05, 3.63) is 29.8 Å². The summed E-state index contributed by atoms with van der Waals surface area (Å²) < 4.78 is 47.0. The van der Waals surface area contributed by atoms with Gasteiger partial charge in [0, 0.05) is 24.8 Å². The average Bonchev–Trinajstić information content (AvgIpc) is 2.90. The molecule has 0 aliphatic carbocycles. The van der Waals surface area contributed by atoms with Gasteiger partial charge >= 0.3 is 6.36 Å². The Morgan fingerprint density at radius 2 is 2.14 bits per heavy atom. The van der Waals surface area contributed by atoms with Crippen LogP contribution in [-0.4, -0.2) is 26.1 Å². The molecule has 0 saturated carbocycles. The zero-order valence-corrected chi connectivity index (χ0v) is 12.0. The molecular weight excluding hydrogens is 283 g/mol. The fourth-order valence-electron chi connectivity index (χ4n) is 2.66. The van der Waals surface area contributed by atoms with Gasteiger partial charge in [-0.05, 0) is 31.4 Å². The van der Waals surface area contributed by atoms with Gasteiger partial charge in [0.2, 0.25) is 0 Å². The number of ether oxygens (including phenoxy) is 2. The molecule has 1 aliphatic heterocycles. The summed E-state index contributed by atoms with van der Waals surface area (Å²) in [5, 5.41) is 3.25. The fourth-order valence-corrected chi connectivity index (χ4v) is 2.66. The maximum atomic E-state index is 12.5. The molecule has 1 aliphatic rings. The molecule has 118 valence electrons. The van der Waals surface area contributed by atoms with E-state index >= 15 is 0 Å². The second kappa shape index (κ2) is 7.13. The molecule has 1 saturated heterocycles. The molecular formula is C15H20F3NO2. The van der Waals surface area contributed by atoms with Crippen molar-refractivity contribution in [3.8, 4) is 5.75 Å². The molecule has 6 heteroatoms. The highest BCUT2D eigenvalue weighted by atomic mass is 19.4. The van der Waals surface area contributed by atoms with E-state index in [1.54, 1.807) is 18.2 Å². The number of para-hydroxylation sites is 1. The number of benzene rings is 1. The van der Waals surface area contributed by atoms with Gasteiger partial charge in [0.15, 0.2) is 0 Å². The molecule has 0 amide bonds. The van der Waals surface area contributed by atoms with E-state index in [9.17, 15) is 13.2 Å². The molecule has 0 aromatic heterocycles. The van der Waals surface area contributed by atoms with Gasteiger partial charge in [-0.15, -0.1) is 13.2 Å². The molecule has 21 heavy (non-hydrogen) atoms. The predicted octanol–water partition coefficient (Wildman–Crippen LogP) is 3.66. The van der Waals surface area contributed by atoms with E-state index in [2.05, 4.69) is 10.1 Å². The van der Waals surface area contributed by atoms with E-state index in [1.165, 1.54) is 6.07 Å². The summed E-state index contributed by atoms with van der Waals surface area (Å²) in [6, 6.07) is 6.16. The van der Waals surface area contributed by atoms with Crippen LogP contribution in [0.25, 0.3) is 0 Å². The largest absolute Gasteiger partial charge is 0.573 e. The molecule has 3 nitrogen and oxygen atoms in total. The lowest BCUT2D eigenvalue weighted by Crippen LogP contribution is -2.26.